The van der Waals surface area contributed by atoms with Gasteiger partial charge in [-0.25, -0.2) is 5.43 Å². The van der Waals surface area contributed by atoms with Crippen LogP contribution in [0.3, 0.4) is 0 Å². The first-order valence-electron chi connectivity index (χ1n) is 10.4. The number of amidine groups is 1. The van der Waals surface area contributed by atoms with E-state index in [0.29, 0.717) is 6.42 Å². The van der Waals surface area contributed by atoms with Crippen LogP contribution in [0, 0.1) is 11.8 Å². The molecule has 0 spiro atoms. The number of carbonyl (C=O) groups is 3. The lowest BCUT2D eigenvalue weighted by molar-refractivity contribution is -0.140. The van der Waals surface area contributed by atoms with Crippen molar-refractivity contribution in [2.24, 2.45) is 16.9 Å². The second kappa shape index (κ2) is 10.8. The Morgan fingerprint density at radius 1 is 1.14 bits per heavy atom. The molecule has 8 heteroatoms. The Kier molecular flexibility index (Phi) is 8.79. The Morgan fingerprint density at radius 3 is 2.43 bits per heavy atom. The van der Waals surface area contributed by atoms with E-state index in [0.717, 1.165) is 49.6 Å². The average Bonchev–Trinajstić information content (AvgIpc) is 3.14. The summed E-state index contributed by atoms with van der Waals surface area (Å²) in [5.41, 5.74) is 2.40. The monoisotopic (exact) mass is 410 g/mol. The third kappa shape index (κ3) is 6.50. The van der Waals surface area contributed by atoms with Gasteiger partial charge in [-0.05, 0) is 39.0 Å². The molecule has 1 saturated carbocycles. The van der Waals surface area contributed by atoms with Gasteiger partial charge in [-0.2, -0.15) is 0 Å². The molecule has 2 fully saturated rings. The molecule has 1 atom stereocenters. The lowest BCUT2D eigenvalue weighted by Gasteiger charge is -2.25. The van der Waals surface area contributed by atoms with Gasteiger partial charge in [-0.15, -0.1) is 5.10 Å². The Balaban J connectivity index is 1.98. The lowest BCUT2D eigenvalue weighted by Crippen LogP contribution is -2.49. The molecule has 158 valence electrons. The maximum Gasteiger partial charge on any atom is 0.309 e. The van der Waals surface area contributed by atoms with Crippen LogP contribution >= 0.6 is 11.8 Å². The molecule has 0 radical (unpaired) electrons. The van der Waals surface area contributed by atoms with E-state index in [2.05, 4.69) is 34.6 Å². The standard InChI is InChI=1S/C20H34N4O3S/c1-13(2)12-16(21-18(26)15-8-6-5-7-9-15)17(25)19(27)22-23-20-24(14(3)4)10-11-28-20/h13-16H,5-12H2,1-4H3,(H,21,26)(H,22,27)/t16-/m0/s1. The number of rotatable bonds is 8. The van der Waals surface area contributed by atoms with Crippen molar-refractivity contribution in [2.75, 3.05) is 12.3 Å². The van der Waals surface area contributed by atoms with E-state index < -0.39 is 17.7 Å². The molecule has 2 amide bonds. The third-order valence-electron chi connectivity index (χ3n) is 5.23. The number of nitrogens with one attached hydrogen (secondary N) is 2. The van der Waals surface area contributed by atoms with Crippen molar-refractivity contribution in [1.82, 2.24) is 15.6 Å². The number of Topliss-reactive ketones (excluding diaryl/α,β-unsaturated/α-hetero) is 1. The number of nitrogens with zero attached hydrogens (tertiary/aromatic N) is 2. The van der Waals surface area contributed by atoms with Crippen LogP contribution in [0.4, 0.5) is 0 Å². The molecule has 2 rings (SSSR count). The Bertz CT molecular complexity index is 600. The number of thioether (sulfide) groups is 1. The van der Waals surface area contributed by atoms with Crippen LogP contribution in [0.5, 0.6) is 0 Å². The van der Waals surface area contributed by atoms with Gasteiger partial charge in [-0.3, -0.25) is 14.4 Å². The maximum absolute atomic E-state index is 12.7. The summed E-state index contributed by atoms with van der Waals surface area (Å²) in [5.74, 6) is -0.445. The summed E-state index contributed by atoms with van der Waals surface area (Å²) in [5, 5.41) is 7.72. The fraction of sp³-hybridized carbons (Fsp3) is 0.800. The number of amides is 2. The van der Waals surface area contributed by atoms with E-state index in [1.54, 1.807) is 11.8 Å². The Morgan fingerprint density at radius 2 is 1.82 bits per heavy atom. The van der Waals surface area contributed by atoms with E-state index in [4.69, 9.17) is 0 Å². The summed E-state index contributed by atoms with van der Waals surface area (Å²) >= 11 is 1.56. The summed E-state index contributed by atoms with van der Waals surface area (Å²) in [6.45, 7) is 8.95. The number of carbonyl (C=O) groups excluding carboxylic acids is 3. The van der Waals surface area contributed by atoms with Gasteiger partial charge >= 0.3 is 5.91 Å². The predicted octanol–water partition coefficient (Wildman–Crippen LogP) is 2.51. The molecule has 0 aromatic heterocycles. The second-order valence-corrected chi connectivity index (χ2v) is 9.42. The molecule has 0 aromatic rings. The van der Waals surface area contributed by atoms with Gasteiger partial charge in [0.05, 0.1) is 6.04 Å². The second-order valence-electron chi connectivity index (χ2n) is 8.36. The highest BCUT2D eigenvalue weighted by Crippen LogP contribution is 2.24. The van der Waals surface area contributed by atoms with E-state index >= 15 is 0 Å². The first-order valence-corrected chi connectivity index (χ1v) is 11.4. The molecule has 0 unspecified atom stereocenters. The molecule has 1 aliphatic carbocycles. The molecule has 1 aliphatic heterocycles. The zero-order valence-corrected chi connectivity index (χ0v) is 18.3. The fourth-order valence-electron chi connectivity index (χ4n) is 3.66. The minimum atomic E-state index is -0.799. The quantitative estimate of drug-likeness (QED) is 0.474. The summed E-state index contributed by atoms with van der Waals surface area (Å²) < 4.78 is 0. The van der Waals surface area contributed by atoms with Crippen molar-refractivity contribution in [3.05, 3.63) is 0 Å². The van der Waals surface area contributed by atoms with Gasteiger partial charge in [0.25, 0.3) is 0 Å². The highest BCUT2D eigenvalue weighted by molar-refractivity contribution is 8.14. The van der Waals surface area contributed by atoms with Crippen molar-refractivity contribution in [1.29, 1.82) is 0 Å². The van der Waals surface area contributed by atoms with E-state index in [9.17, 15) is 14.4 Å². The maximum atomic E-state index is 12.7. The van der Waals surface area contributed by atoms with Gasteiger partial charge in [0, 0.05) is 24.3 Å². The third-order valence-corrected chi connectivity index (χ3v) is 6.20. The summed E-state index contributed by atoms with van der Waals surface area (Å²) in [6.07, 6.45) is 5.40. The molecular weight excluding hydrogens is 376 g/mol. The van der Waals surface area contributed by atoms with Crippen molar-refractivity contribution in [2.45, 2.75) is 78.3 Å². The van der Waals surface area contributed by atoms with E-state index in [1.807, 2.05) is 13.8 Å². The van der Waals surface area contributed by atoms with Crippen LogP contribution in [0.1, 0.15) is 66.2 Å². The molecule has 7 nitrogen and oxygen atoms in total. The number of ketones is 1. The van der Waals surface area contributed by atoms with Crippen molar-refractivity contribution < 1.29 is 14.4 Å². The zero-order chi connectivity index (χ0) is 20.7. The van der Waals surface area contributed by atoms with Gasteiger partial charge in [-0.1, -0.05) is 44.9 Å². The molecule has 0 bridgehead atoms. The van der Waals surface area contributed by atoms with Crippen LogP contribution in [0.25, 0.3) is 0 Å². The van der Waals surface area contributed by atoms with Crippen molar-refractivity contribution in [3.8, 4) is 0 Å². The largest absolute Gasteiger partial charge is 0.347 e. The Labute approximate surface area is 172 Å². The first kappa shape index (κ1) is 22.7. The molecule has 2 N–H and O–H groups in total. The van der Waals surface area contributed by atoms with Crippen molar-refractivity contribution >= 4 is 34.5 Å². The smallest absolute Gasteiger partial charge is 0.309 e. The van der Waals surface area contributed by atoms with E-state index in [1.165, 1.54) is 0 Å². The van der Waals surface area contributed by atoms with Crippen LogP contribution in [0.15, 0.2) is 5.10 Å². The highest BCUT2D eigenvalue weighted by atomic mass is 32.2. The van der Waals surface area contributed by atoms with E-state index in [-0.39, 0.29) is 23.8 Å². The van der Waals surface area contributed by atoms with Crippen LogP contribution in [0.2, 0.25) is 0 Å². The predicted molar refractivity (Wildman–Crippen MR) is 113 cm³/mol. The zero-order valence-electron chi connectivity index (χ0n) is 17.5. The number of hydrogen-bond acceptors (Lipinski definition) is 5. The average molecular weight is 411 g/mol. The molecular formula is C20H34N4O3S. The Hall–Kier alpha value is -1.57. The normalized spacial score (nSPS) is 20.6. The minimum Gasteiger partial charge on any atom is -0.347 e. The highest BCUT2D eigenvalue weighted by Gasteiger charge is 2.31. The summed E-state index contributed by atoms with van der Waals surface area (Å²) in [4.78, 5) is 39.8. The topological polar surface area (TPSA) is 90.9 Å². The number of hydrogen-bond donors (Lipinski definition) is 2. The fourth-order valence-corrected chi connectivity index (χ4v) is 4.71. The molecule has 28 heavy (non-hydrogen) atoms. The minimum absolute atomic E-state index is 0.0472. The lowest BCUT2D eigenvalue weighted by atomic mass is 9.88. The SMILES string of the molecule is CC(C)C[C@H](NC(=O)C1CCCCC1)C(=O)C(=O)NN=C1SCCN1C(C)C. The van der Waals surface area contributed by atoms with Gasteiger partial charge in [0.2, 0.25) is 11.7 Å². The molecule has 2 aliphatic rings. The summed E-state index contributed by atoms with van der Waals surface area (Å²) in [6, 6.07) is -0.517. The number of hydrazone groups is 1. The van der Waals surface area contributed by atoms with Crippen LogP contribution in [-0.4, -0.2) is 52.0 Å². The molecule has 1 heterocycles. The van der Waals surface area contributed by atoms with Gasteiger partial charge in [0.1, 0.15) is 0 Å². The van der Waals surface area contributed by atoms with Gasteiger partial charge in [0.15, 0.2) is 5.17 Å². The van der Waals surface area contributed by atoms with Crippen molar-refractivity contribution in [3.63, 3.8) is 0 Å². The molecule has 0 aromatic carbocycles. The first-order chi connectivity index (χ1) is 13.3. The van der Waals surface area contributed by atoms with Crippen LogP contribution in [-0.2, 0) is 14.4 Å². The molecule has 1 saturated heterocycles. The van der Waals surface area contributed by atoms with Crippen LogP contribution < -0.4 is 10.7 Å². The summed E-state index contributed by atoms with van der Waals surface area (Å²) in [7, 11) is 0. The van der Waals surface area contributed by atoms with Gasteiger partial charge < -0.3 is 10.2 Å².